The van der Waals surface area contributed by atoms with Crippen LogP contribution in [0, 0.1) is 5.82 Å². The van der Waals surface area contributed by atoms with Crippen LogP contribution in [-0.4, -0.2) is 42.4 Å². The van der Waals surface area contributed by atoms with Gasteiger partial charge in [0.15, 0.2) is 5.82 Å². The predicted molar refractivity (Wildman–Crippen MR) is 119 cm³/mol. The van der Waals surface area contributed by atoms with Crippen LogP contribution in [0.2, 0.25) is 0 Å². The van der Waals surface area contributed by atoms with Gasteiger partial charge in [-0.1, -0.05) is 12.1 Å². The number of carboxylic acids is 1. The van der Waals surface area contributed by atoms with Crippen molar-refractivity contribution in [1.29, 1.82) is 0 Å². The SMILES string of the molecule is C[C@H](Nc1nccc2c1N(CCOc1ccc(F)cc1)CCO2)c1ccc(C(=O)O)cc1. The number of carbonyl (C=O) groups is 1. The summed E-state index contributed by atoms with van der Waals surface area (Å²) in [5.41, 5.74) is 2.05. The smallest absolute Gasteiger partial charge is 0.335 e. The van der Waals surface area contributed by atoms with Crippen molar-refractivity contribution < 1.29 is 23.8 Å². The Morgan fingerprint density at radius 2 is 1.97 bits per heavy atom. The fourth-order valence-corrected chi connectivity index (χ4v) is 3.57. The Balaban J connectivity index is 1.47. The average molecular weight is 437 g/mol. The fourth-order valence-electron chi connectivity index (χ4n) is 3.57. The third-order valence-corrected chi connectivity index (χ3v) is 5.28. The molecule has 1 aliphatic heterocycles. The van der Waals surface area contributed by atoms with Crippen LogP contribution in [0.3, 0.4) is 0 Å². The quantitative estimate of drug-likeness (QED) is 0.541. The Morgan fingerprint density at radius 3 is 2.69 bits per heavy atom. The molecule has 2 heterocycles. The number of aromatic carboxylic acids is 1. The van der Waals surface area contributed by atoms with Gasteiger partial charge in [-0.15, -0.1) is 0 Å². The van der Waals surface area contributed by atoms with Gasteiger partial charge in [-0.3, -0.25) is 0 Å². The molecule has 0 saturated carbocycles. The first-order valence-electron chi connectivity index (χ1n) is 10.4. The highest BCUT2D eigenvalue weighted by Gasteiger charge is 2.23. The lowest BCUT2D eigenvalue weighted by Gasteiger charge is -2.33. The zero-order valence-corrected chi connectivity index (χ0v) is 17.6. The van der Waals surface area contributed by atoms with Crippen LogP contribution in [0.1, 0.15) is 28.9 Å². The van der Waals surface area contributed by atoms with Gasteiger partial charge in [0, 0.05) is 12.3 Å². The van der Waals surface area contributed by atoms with Gasteiger partial charge in [0.25, 0.3) is 0 Å². The van der Waals surface area contributed by atoms with Crippen molar-refractivity contribution in [2.45, 2.75) is 13.0 Å². The molecule has 0 amide bonds. The maximum absolute atomic E-state index is 13.1. The number of anilines is 2. The molecule has 32 heavy (non-hydrogen) atoms. The van der Waals surface area contributed by atoms with Crippen LogP contribution < -0.4 is 19.7 Å². The van der Waals surface area contributed by atoms with Gasteiger partial charge in [0.2, 0.25) is 0 Å². The highest BCUT2D eigenvalue weighted by atomic mass is 19.1. The molecule has 0 unspecified atom stereocenters. The van der Waals surface area contributed by atoms with Crippen LogP contribution in [0.15, 0.2) is 60.8 Å². The van der Waals surface area contributed by atoms with E-state index < -0.39 is 5.97 Å². The van der Waals surface area contributed by atoms with Crippen molar-refractivity contribution in [3.63, 3.8) is 0 Å². The van der Waals surface area contributed by atoms with Crippen molar-refractivity contribution in [3.8, 4) is 11.5 Å². The van der Waals surface area contributed by atoms with Crippen LogP contribution in [0.5, 0.6) is 11.5 Å². The number of ether oxygens (including phenoxy) is 2. The second-order valence-corrected chi connectivity index (χ2v) is 7.44. The summed E-state index contributed by atoms with van der Waals surface area (Å²) in [6.07, 6.45) is 1.69. The topological polar surface area (TPSA) is 83.9 Å². The predicted octanol–water partition coefficient (Wildman–Crippen LogP) is 4.37. The molecule has 0 fully saturated rings. The van der Waals surface area contributed by atoms with Gasteiger partial charge in [-0.05, 0) is 48.9 Å². The van der Waals surface area contributed by atoms with E-state index in [0.29, 0.717) is 37.9 Å². The maximum Gasteiger partial charge on any atom is 0.335 e. The number of halogens is 1. The number of pyridine rings is 1. The minimum Gasteiger partial charge on any atom is -0.492 e. The van der Waals surface area contributed by atoms with E-state index in [0.717, 1.165) is 17.0 Å². The highest BCUT2D eigenvalue weighted by molar-refractivity contribution is 5.87. The molecule has 8 heteroatoms. The lowest BCUT2D eigenvalue weighted by atomic mass is 10.1. The third-order valence-electron chi connectivity index (χ3n) is 5.28. The summed E-state index contributed by atoms with van der Waals surface area (Å²) in [5, 5.41) is 12.5. The summed E-state index contributed by atoms with van der Waals surface area (Å²) in [7, 11) is 0. The molecule has 0 saturated heterocycles. The maximum atomic E-state index is 13.1. The van der Waals surface area contributed by atoms with E-state index >= 15 is 0 Å². The van der Waals surface area contributed by atoms with Crippen LogP contribution >= 0.6 is 0 Å². The van der Waals surface area contributed by atoms with E-state index in [1.165, 1.54) is 12.1 Å². The fraction of sp³-hybridized carbons (Fsp3) is 0.250. The van der Waals surface area contributed by atoms with Crippen molar-refractivity contribution in [3.05, 3.63) is 77.7 Å². The van der Waals surface area contributed by atoms with Crippen LogP contribution in [0.25, 0.3) is 0 Å². The molecule has 2 aromatic carbocycles. The highest BCUT2D eigenvalue weighted by Crippen LogP contribution is 2.38. The Bertz CT molecular complexity index is 1070. The Hall–Kier alpha value is -3.81. The number of nitrogens with zero attached hydrogens (tertiary/aromatic N) is 2. The van der Waals surface area contributed by atoms with Gasteiger partial charge in [-0.2, -0.15) is 0 Å². The van der Waals surface area contributed by atoms with Crippen molar-refractivity contribution in [2.75, 3.05) is 36.5 Å². The van der Waals surface area contributed by atoms with Crippen molar-refractivity contribution >= 4 is 17.5 Å². The average Bonchev–Trinajstić information content (AvgIpc) is 2.80. The number of hydrogen-bond acceptors (Lipinski definition) is 6. The Kier molecular flexibility index (Phi) is 6.39. The first kappa shape index (κ1) is 21.4. The van der Waals surface area contributed by atoms with E-state index in [4.69, 9.17) is 14.6 Å². The van der Waals surface area contributed by atoms with Gasteiger partial charge < -0.3 is 24.8 Å². The molecule has 0 radical (unpaired) electrons. The zero-order chi connectivity index (χ0) is 22.5. The molecule has 1 atom stereocenters. The summed E-state index contributed by atoms with van der Waals surface area (Å²) < 4.78 is 24.7. The summed E-state index contributed by atoms with van der Waals surface area (Å²) in [6.45, 7) is 4.25. The summed E-state index contributed by atoms with van der Waals surface area (Å²) >= 11 is 0. The first-order chi connectivity index (χ1) is 15.5. The Morgan fingerprint density at radius 1 is 1.22 bits per heavy atom. The van der Waals surface area contributed by atoms with Gasteiger partial charge >= 0.3 is 5.97 Å². The lowest BCUT2D eigenvalue weighted by molar-refractivity contribution is 0.0697. The number of rotatable bonds is 8. The monoisotopic (exact) mass is 437 g/mol. The molecular weight excluding hydrogens is 413 g/mol. The van der Waals surface area contributed by atoms with Gasteiger partial charge in [0.05, 0.1) is 24.7 Å². The minimum absolute atomic E-state index is 0.101. The van der Waals surface area contributed by atoms with Crippen LogP contribution in [0.4, 0.5) is 15.9 Å². The van der Waals surface area contributed by atoms with Crippen molar-refractivity contribution in [2.24, 2.45) is 0 Å². The largest absolute Gasteiger partial charge is 0.492 e. The summed E-state index contributed by atoms with van der Waals surface area (Å²) in [6, 6.07) is 14.4. The Labute approximate surface area is 185 Å². The second kappa shape index (κ2) is 9.55. The van der Waals surface area contributed by atoms with E-state index in [-0.39, 0.29) is 17.4 Å². The molecule has 166 valence electrons. The molecule has 7 nitrogen and oxygen atoms in total. The lowest BCUT2D eigenvalue weighted by Crippen LogP contribution is -2.36. The van der Waals surface area contributed by atoms with E-state index in [9.17, 15) is 9.18 Å². The minimum atomic E-state index is -0.952. The molecule has 2 N–H and O–H groups in total. The van der Waals surface area contributed by atoms with Crippen molar-refractivity contribution in [1.82, 2.24) is 4.98 Å². The normalized spacial score (nSPS) is 13.6. The second-order valence-electron chi connectivity index (χ2n) is 7.44. The van der Waals surface area contributed by atoms with E-state index in [2.05, 4.69) is 15.2 Å². The molecule has 0 spiro atoms. The van der Waals surface area contributed by atoms with Gasteiger partial charge in [0.1, 0.15) is 36.2 Å². The zero-order valence-electron chi connectivity index (χ0n) is 17.6. The van der Waals surface area contributed by atoms with E-state index in [1.54, 1.807) is 42.6 Å². The first-order valence-corrected chi connectivity index (χ1v) is 10.4. The molecule has 1 aromatic heterocycles. The number of fused-ring (bicyclic) bond motifs is 1. The summed E-state index contributed by atoms with van der Waals surface area (Å²) in [4.78, 5) is 17.8. The molecular formula is C24H24FN3O4. The number of aromatic nitrogens is 1. The molecule has 0 bridgehead atoms. The number of nitrogens with one attached hydrogen (secondary N) is 1. The van der Waals surface area contributed by atoms with Gasteiger partial charge in [-0.25, -0.2) is 14.2 Å². The number of benzene rings is 2. The van der Waals surface area contributed by atoms with Crippen LogP contribution in [-0.2, 0) is 0 Å². The molecule has 3 aromatic rings. The number of hydrogen-bond donors (Lipinski definition) is 2. The third kappa shape index (κ3) is 4.91. The summed E-state index contributed by atoms with van der Waals surface area (Å²) in [5.74, 6) is 0.783. The molecule has 0 aliphatic carbocycles. The standard InChI is InChI=1S/C24H24FN3O4/c1-16(17-2-4-18(5-3-17)24(29)30)27-23-22-21(10-11-26-23)32-15-13-28(22)12-14-31-20-8-6-19(25)7-9-20/h2-11,16H,12-15H2,1H3,(H,26,27)(H,29,30)/t16-/m0/s1. The van der Waals surface area contributed by atoms with E-state index in [1.807, 2.05) is 13.0 Å². The molecule has 1 aliphatic rings. The molecule has 4 rings (SSSR count). The number of carboxylic acid groups (broad SMARTS) is 1.